The Balaban J connectivity index is 2.65. The Morgan fingerprint density at radius 3 is 2.14 bits per heavy atom. The molecule has 0 fully saturated rings. The van der Waals surface area contributed by atoms with Crippen LogP contribution in [0.25, 0.3) is 0 Å². The second kappa shape index (κ2) is 1.62. The first-order valence-electron chi connectivity index (χ1n) is 2.52. The molecule has 7 heavy (non-hydrogen) atoms. The van der Waals surface area contributed by atoms with Crippen molar-refractivity contribution in [3.05, 3.63) is 11.1 Å². The molecule has 1 atom stereocenters. The van der Waals surface area contributed by atoms with E-state index >= 15 is 0 Å². The van der Waals surface area contributed by atoms with Crippen LogP contribution in [0, 0.1) is 0 Å². The summed E-state index contributed by atoms with van der Waals surface area (Å²) in [5.74, 6) is 0. The van der Waals surface area contributed by atoms with Crippen molar-refractivity contribution in [3.63, 3.8) is 0 Å². The van der Waals surface area contributed by atoms with E-state index in [1.54, 1.807) is 5.57 Å². The van der Waals surface area contributed by atoms with Crippen molar-refractivity contribution in [1.82, 2.24) is 0 Å². The molecular formula is C6H9Br. The standard InChI is InChI=1S/C6H9Br/c1-4-3-6(7)5(4)2/h6H,3H2,1-2H3. The molecule has 1 heteroatoms. The molecular weight excluding hydrogens is 152 g/mol. The normalized spacial score (nSPS) is 30.4. The summed E-state index contributed by atoms with van der Waals surface area (Å²) >= 11 is 3.51. The van der Waals surface area contributed by atoms with Gasteiger partial charge in [0.1, 0.15) is 0 Å². The Morgan fingerprint density at radius 1 is 1.57 bits per heavy atom. The van der Waals surface area contributed by atoms with E-state index in [0.29, 0.717) is 4.83 Å². The largest absolute Gasteiger partial charge is 0.0839 e. The third-order valence-corrected chi connectivity index (χ3v) is 2.64. The molecule has 0 spiro atoms. The molecule has 0 aliphatic heterocycles. The summed E-state index contributed by atoms with van der Waals surface area (Å²) in [6.45, 7) is 4.37. The van der Waals surface area contributed by atoms with E-state index in [9.17, 15) is 0 Å². The summed E-state index contributed by atoms with van der Waals surface area (Å²) in [5, 5.41) is 0. The van der Waals surface area contributed by atoms with Crippen LogP contribution >= 0.6 is 15.9 Å². The van der Waals surface area contributed by atoms with Gasteiger partial charge in [0, 0.05) is 4.83 Å². The number of hydrogen-bond donors (Lipinski definition) is 0. The van der Waals surface area contributed by atoms with Crippen molar-refractivity contribution in [1.29, 1.82) is 0 Å². The molecule has 1 aliphatic rings. The minimum absolute atomic E-state index is 0.701. The van der Waals surface area contributed by atoms with Gasteiger partial charge in [-0.25, -0.2) is 0 Å². The Labute approximate surface area is 52.7 Å². The fraction of sp³-hybridized carbons (Fsp3) is 0.667. The predicted octanol–water partition coefficient (Wildman–Crippen LogP) is 2.49. The van der Waals surface area contributed by atoms with Gasteiger partial charge in [-0.15, -0.1) is 0 Å². The van der Waals surface area contributed by atoms with Gasteiger partial charge in [-0.1, -0.05) is 27.1 Å². The second-order valence-corrected chi connectivity index (χ2v) is 3.24. The van der Waals surface area contributed by atoms with E-state index < -0.39 is 0 Å². The van der Waals surface area contributed by atoms with Crippen molar-refractivity contribution in [2.75, 3.05) is 0 Å². The van der Waals surface area contributed by atoms with Gasteiger partial charge in [-0.2, -0.15) is 0 Å². The summed E-state index contributed by atoms with van der Waals surface area (Å²) < 4.78 is 0. The van der Waals surface area contributed by atoms with Crippen LogP contribution in [0.2, 0.25) is 0 Å². The maximum absolute atomic E-state index is 3.51. The molecule has 0 amide bonds. The highest BCUT2D eigenvalue weighted by Crippen LogP contribution is 2.32. The maximum atomic E-state index is 3.51. The van der Waals surface area contributed by atoms with Crippen molar-refractivity contribution in [2.45, 2.75) is 25.1 Å². The van der Waals surface area contributed by atoms with E-state index in [4.69, 9.17) is 0 Å². The fourth-order valence-corrected chi connectivity index (χ4v) is 1.60. The van der Waals surface area contributed by atoms with Gasteiger partial charge in [0.25, 0.3) is 0 Å². The summed E-state index contributed by atoms with van der Waals surface area (Å²) in [5.41, 5.74) is 3.09. The highest BCUT2D eigenvalue weighted by molar-refractivity contribution is 9.09. The van der Waals surface area contributed by atoms with Gasteiger partial charge in [-0.3, -0.25) is 0 Å². The molecule has 0 radical (unpaired) electrons. The van der Waals surface area contributed by atoms with E-state index in [1.807, 2.05) is 0 Å². The summed E-state index contributed by atoms with van der Waals surface area (Å²) in [7, 11) is 0. The monoisotopic (exact) mass is 160 g/mol. The van der Waals surface area contributed by atoms with Gasteiger partial charge in [-0.05, 0) is 20.3 Å². The molecule has 0 saturated heterocycles. The maximum Gasteiger partial charge on any atom is 0.0391 e. The smallest absolute Gasteiger partial charge is 0.0391 e. The first kappa shape index (κ1) is 5.36. The van der Waals surface area contributed by atoms with Gasteiger partial charge in [0.2, 0.25) is 0 Å². The lowest BCUT2D eigenvalue weighted by molar-refractivity contribution is 0.830. The molecule has 1 rings (SSSR count). The lowest BCUT2D eigenvalue weighted by atomic mass is 9.91. The number of rotatable bonds is 0. The second-order valence-electron chi connectivity index (χ2n) is 2.14. The van der Waals surface area contributed by atoms with Crippen molar-refractivity contribution in [2.24, 2.45) is 0 Å². The summed E-state index contributed by atoms with van der Waals surface area (Å²) in [4.78, 5) is 0.701. The molecule has 0 N–H and O–H groups in total. The molecule has 0 nitrogen and oxygen atoms in total. The average molecular weight is 161 g/mol. The zero-order chi connectivity index (χ0) is 5.44. The van der Waals surface area contributed by atoms with Crippen molar-refractivity contribution >= 4 is 15.9 Å². The van der Waals surface area contributed by atoms with E-state index in [1.165, 1.54) is 12.0 Å². The molecule has 0 aromatic heterocycles. The van der Waals surface area contributed by atoms with Crippen LogP contribution in [0.5, 0.6) is 0 Å². The quantitative estimate of drug-likeness (QED) is 0.378. The Hall–Kier alpha value is 0.220. The highest BCUT2D eigenvalue weighted by Gasteiger charge is 2.18. The van der Waals surface area contributed by atoms with Crippen LogP contribution in [-0.2, 0) is 0 Å². The van der Waals surface area contributed by atoms with Gasteiger partial charge >= 0.3 is 0 Å². The minimum atomic E-state index is 0.701. The van der Waals surface area contributed by atoms with Crippen molar-refractivity contribution in [3.8, 4) is 0 Å². The predicted molar refractivity (Wildman–Crippen MR) is 35.7 cm³/mol. The van der Waals surface area contributed by atoms with Crippen molar-refractivity contribution < 1.29 is 0 Å². The van der Waals surface area contributed by atoms with E-state index in [2.05, 4.69) is 29.8 Å². The highest BCUT2D eigenvalue weighted by atomic mass is 79.9. The summed E-state index contributed by atoms with van der Waals surface area (Å²) in [6.07, 6.45) is 1.26. The SMILES string of the molecule is CC1=C(C)C(Br)C1. The molecule has 40 valence electrons. The molecule has 0 heterocycles. The Morgan fingerprint density at radius 2 is 2.14 bits per heavy atom. The first-order chi connectivity index (χ1) is 3.22. The van der Waals surface area contributed by atoms with Crippen LogP contribution < -0.4 is 0 Å². The van der Waals surface area contributed by atoms with Gasteiger partial charge < -0.3 is 0 Å². The van der Waals surface area contributed by atoms with Crippen LogP contribution in [0.4, 0.5) is 0 Å². The van der Waals surface area contributed by atoms with Gasteiger partial charge in [0.15, 0.2) is 0 Å². The molecule has 0 aromatic rings. The third kappa shape index (κ3) is 0.742. The Bertz CT molecular complexity index is 113. The molecule has 0 bridgehead atoms. The average Bonchev–Trinajstić information content (AvgIpc) is 1.68. The van der Waals surface area contributed by atoms with Crippen LogP contribution in [0.3, 0.4) is 0 Å². The minimum Gasteiger partial charge on any atom is -0.0839 e. The van der Waals surface area contributed by atoms with Crippen LogP contribution in [-0.4, -0.2) is 4.83 Å². The third-order valence-electron chi connectivity index (χ3n) is 1.63. The van der Waals surface area contributed by atoms with Gasteiger partial charge in [0.05, 0.1) is 0 Å². The summed E-state index contributed by atoms with van der Waals surface area (Å²) in [6, 6.07) is 0. The topological polar surface area (TPSA) is 0 Å². The number of halogens is 1. The molecule has 0 saturated carbocycles. The zero-order valence-corrected chi connectivity index (χ0v) is 6.25. The van der Waals surface area contributed by atoms with E-state index in [-0.39, 0.29) is 0 Å². The number of allylic oxidation sites excluding steroid dienone is 2. The lowest BCUT2D eigenvalue weighted by Crippen LogP contribution is -2.13. The fourth-order valence-electron chi connectivity index (χ4n) is 0.719. The van der Waals surface area contributed by atoms with E-state index in [0.717, 1.165) is 0 Å². The number of hydrogen-bond acceptors (Lipinski definition) is 0. The van der Waals surface area contributed by atoms with Crippen LogP contribution in [0.15, 0.2) is 11.1 Å². The van der Waals surface area contributed by atoms with Crippen LogP contribution in [0.1, 0.15) is 20.3 Å². The number of alkyl halides is 1. The Kier molecular flexibility index (Phi) is 1.24. The molecule has 0 aromatic carbocycles. The molecule has 1 aliphatic carbocycles. The lowest BCUT2D eigenvalue weighted by Gasteiger charge is -2.23. The zero-order valence-electron chi connectivity index (χ0n) is 4.66. The molecule has 1 unspecified atom stereocenters. The first-order valence-corrected chi connectivity index (χ1v) is 3.43.